The number of nitrogens with zero attached hydrogens (tertiary/aromatic N) is 10. The molecule has 0 bridgehead atoms. The molecule has 10 rings (SSSR count). The number of dihydropyridines is 1. The molecule has 4 fully saturated rings. The minimum absolute atomic E-state index is 0.0304. The zero-order valence-electron chi connectivity index (χ0n) is 47.8. The predicted octanol–water partition coefficient (Wildman–Crippen LogP) is 8.63. The molecule has 3 atom stereocenters. The number of carbonyl (C=O) groups is 1. The topological polar surface area (TPSA) is 205 Å². The highest BCUT2D eigenvalue weighted by molar-refractivity contribution is 8.00. The van der Waals surface area contributed by atoms with E-state index in [1.54, 1.807) is 54.5 Å². The summed E-state index contributed by atoms with van der Waals surface area (Å²) in [5, 5.41) is 34.9. The highest BCUT2D eigenvalue weighted by atomic mass is 32.2. The summed E-state index contributed by atoms with van der Waals surface area (Å²) in [6.45, 7) is 15.6. The summed E-state index contributed by atoms with van der Waals surface area (Å²) in [6.07, 6.45) is 6.23. The van der Waals surface area contributed by atoms with Crippen LogP contribution in [0.3, 0.4) is 0 Å². The van der Waals surface area contributed by atoms with Gasteiger partial charge in [-0.05, 0) is 126 Å². The van der Waals surface area contributed by atoms with Gasteiger partial charge >= 0.3 is 11.0 Å². The minimum Gasteiger partial charge on any atom is -0.480 e. The molecule has 0 saturated carbocycles. The molecule has 0 spiro atoms. The third-order valence-electron chi connectivity index (χ3n) is 15.1. The van der Waals surface area contributed by atoms with Crippen LogP contribution in [0.2, 0.25) is 0 Å². The number of nitrogens with one attached hydrogen (secondary N) is 4. The molecule has 456 valence electrons. The molecule has 0 aliphatic carbocycles. The average molecular weight is 1240 g/mol. The Balaban J connectivity index is 0.000000204. The van der Waals surface area contributed by atoms with Crippen LogP contribution in [0.25, 0.3) is 11.0 Å². The maximum atomic E-state index is 15.3. The highest BCUT2D eigenvalue weighted by Gasteiger charge is 2.46. The molecule has 3 unspecified atom stereocenters. The Morgan fingerprint density at radius 1 is 0.847 bits per heavy atom. The quantitative estimate of drug-likeness (QED) is 0.0377. The zero-order chi connectivity index (χ0) is 61.1. The Hall–Kier alpha value is -6.44. The molecule has 0 aromatic carbocycles. The molecular formula is C56H66F7N14O5PS2. The molecule has 5 aliphatic heterocycles. The number of fused-ring (bicyclic) bond motifs is 2. The van der Waals surface area contributed by atoms with Gasteiger partial charge in [-0.1, -0.05) is 30.0 Å². The number of thioether (sulfide) groups is 2. The number of aliphatic imine (C=N–C) groups is 1. The molecule has 19 nitrogen and oxygen atoms in total. The van der Waals surface area contributed by atoms with Gasteiger partial charge in [-0.3, -0.25) is 19.3 Å². The number of hydrogen-bond acceptors (Lipinski definition) is 17. The van der Waals surface area contributed by atoms with Crippen molar-refractivity contribution in [1.29, 1.82) is 5.26 Å². The number of piperidine rings is 2. The van der Waals surface area contributed by atoms with Gasteiger partial charge in [0.2, 0.25) is 5.90 Å². The highest BCUT2D eigenvalue weighted by Crippen LogP contribution is 2.47. The van der Waals surface area contributed by atoms with Gasteiger partial charge < -0.3 is 40.0 Å². The Bertz CT molecular complexity index is 3550. The lowest BCUT2D eigenvalue weighted by molar-refractivity contribution is -0.142. The molecule has 29 heteroatoms. The lowest BCUT2D eigenvalue weighted by atomic mass is 9.92. The Morgan fingerprint density at radius 2 is 1.42 bits per heavy atom. The fourth-order valence-corrected chi connectivity index (χ4v) is 12.6. The summed E-state index contributed by atoms with van der Waals surface area (Å²) < 4.78 is 129. The van der Waals surface area contributed by atoms with Gasteiger partial charge in [0, 0.05) is 38.4 Å². The van der Waals surface area contributed by atoms with E-state index in [0.717, 1.165) is 12.8 Å². The Labute approximate surface area is 495 Å². The summed E-state index contributed by atoms with van der Waals surface area (Å²) in [7, 11) is -1.00. The smallest absolute Gasteiger partial charge is 0.446 e. The SMILES string of the molecule is CC(C)(C)n1cc(C(=O)NCC#Cc2nn3c(NC4CCN(C5(C#N)COC5)CC4)cccc3c2SC(F)(F)F)cn1.COC1=NC(P(C)(C)=O)CC=C1NCC#Cc1nn2c(NC3CCN(C4(C)COC4)CC3F)cccc2c1SC(F)(F)F. The molecule has 0 radical (unpaired) electrons. The van der Waals surface area contributed by atoms with E-state index in [2.05, 4.69) is 88.0 Å². The number of anilines is 2. The normalized spacial score (nSPS) is 21.0. The van der Waals surface area contributed by atoms with E-state index in [0.29, 0.717) is 87.7 Å². The van der Waals surface area contributed by atoms with Crippen LogP contribution in [-0.2, 0) is 24.3 Å². The number of amides is 1. The number of carbonyl (C=O) groups excluding carboxylic acids is 1. The van der Waals surface area contributed by atoms with Crippen LogP contribution < -0.4 is 21.3 Å². The number of alkyl halides is 7. The van der Waals surface area contributed by atoms with Crippen LogP contribution in [0.1, 0.15) is 75.1 Å². The lowest BCUT2D eigenvalue weighted by Crippen LogP contribution is -2.64. The monoisotopic (exact) mass is 1240 g/mol. The van der Waals surface area contributed by atoms with Crippen molar-refractivity contribution in [1.82, 2.24) is 49.4 Å². The van der Waals surface area contributed by atoms with Gasteiger partial charge in [0.1, 0.15) is 42.1 Å². The molecule has 4 saturated heterocycles. The number of ether oxygens (including phenoxy) is 3. The number of rotatable bonds is 13. The van der Waals surface area contributed by atoms with Crippen LogP contribution in [0.5, 0.6) is 0 Å². The Kier molecular flexibility index (Phi) is 18.9. The number of hydrogen-bond donors (Lipinski definition) is 4. The van der Waals surface area contributed by atoms with Crippen LogP contribution in [0, 0.1) is 35.0 Å². The van der Waals surface area contributed by atoms with Gasteiger partial charge in [0.25, 0.3) is 5.91 Å². The summed E-state index contributed by atoms with van der Waals surface area (Å²) in [5.74, 6) is 11.5. The second kappa shape index (κ2) is 25.5. The molecule has 5 aromatic heterocycles. The van der Waals surface area contributed by atoms with E-state index >= 15 is 4.39 Å². The first-order chi connectivity index (χ1) is 40.2. The first kappa shape index (κ1) is 63.1. The zero-order valence-corrected chi connectivity index (χ0v) is 50.4. The molecule has 10 heterocycles. The summed E-state index contributed by atoms with van der Waals surface area (Å²) in [4.78, 5) is 20.9. The number of pyridine rings is 2. The van der Waals surface area contributed by atoms with Gasteiger partial charge in [-0.25, -0.2) is 18.4 Å². The number of halogens is 7. The first-order valence-corrected chi connectivity index (χ1v) is 31.7. The number of nitriles is 1. The van der Waals surface area contributed by atoms with Crippen molar-refractivity contribution >= 4 is 65.1 Å². The van der Waals surface area contributed by atoms with E-state index < -0.39 is 35.9 Å². The fraction of sp³-hybridized carbons (Fsp3) is 0.536. The third kappa shape index (κ3) is 15.0. The van der Waals surface area contributed by atoms with Crippen LogP contribution >= 0.6 is 30.7 Å². The van der Waals surface area contributed by atoms with Crippen molar-refractivity contribution < 1.29 is 54.3 Å². The maximum absolute atomic E-state index is 15.3. The van der Waals surface area contributed by atoms with E-state index in [1.807, 2.05) is 26.8 Å². The van der Waals surface area contributed by atoms with Crippen molar-refractivity contribution in [2.24, 2.45) is 4.99 Å². The maximum Gasteiger partial charge on any atom is 0.446 e. The van der Waals surface area contributed by atoms with Crippen molar-refractivity contribution in [3.05, 3.63) is 77.5 Å². The van der Waals surface area contributed by atoms with Gasteiger partial charge in [-0.15, -0.1) is 0 Å². The molecular weight excluding hydrogens is 1180 g/mol. The molecule has 5 aliphatic rings. The molecule has 4 N–H and O–H groups in total. The van der Waals surface area contributed by atoms with E-state index in [4.69, 9.17) is 14.2 Å². The van der Waals surface area contributed by atoms with Gasteiger partial charge in [-0.2, -0.15) is 46.9 Å². The van der Waals surface area contributed by atoms with Crippen LogP contribution in [0.4, 0.5) is 42.4 Å². The second-order valence-corrected chi connectivity index (χ2v) is 28.4. The molecule has 85 heavy (non-hydrogen) atoms. The second-order valence-electron chi connectivity index (χ2n) is 22.8. The number of methoxy groups -OCH3 is 1. The van der Waals surface area contributed by atoms with Crippen molar-refractivity contribution in [2.75, 3.05) is 96.8 Å². The summed E-state index contributed by atoms with van der Waals surface area (Å²) in [6, 6.07) is 11.7. The van der Waals surface area contributed by atoms with Gasteiger partial charge in [0.05, 0.1) is 108 Å². The Morgan fingerprint density at radius 3 is 1.92 bits per heavy atom. The van der Waals surface area contributed by atoms with E-state index in [1.165, 1.54) is 28.4 Å². The van der Waals surface area contributed by atoms with Crippen molar-refractivity contribution in [3.8, 4) is 29.8 Å². The summed E-state index contributed by atoms with van der Waals surface area (Å²) >= 11 is -0.542. The number of aromatic nitrogens is 6. The van der Waals surface area contributed by atoms with Crippen LogP contribution in [0.15, 0.2) is 75.3 Å². The predicted molar refractivity (Wildman–Crippen MR) is 311 cm³/mol. The van der Waals surface area contributed by atoms with Crippen LogP contribution in [-0.4, -0.2) is 183 Å². The first-order valence-electron chi connectivity index (χ1n) is 27.4. The standard InChI is InChI=1S/C28H35F4N6O3PS.C28H31F3N8O2S/c1-27(16-41-17-27)37-14-12-19(18(29)15-37)34-23-9-5-8-22-25(43-28(30,31)32)20(36-38(22)23)7-6-13-33-21-10-11-24(42(3,4)39)35-26(21)40-2;1-26(2,3)38-15-19(14-34-38)25(40)33-11-5-6-21-24(42-28(29,30)31)22-7-4-8-23(39(22)36-21)35-20-9-12-37(13-10-20)27(16-32)17-41-18-27/h5,8-10,18-19,24,33-34H,11-17H2,1-4H3;4,7-8,14-15,20,35H,9-13,17-18H2,1-3H3,(H,33,40). The van der Waals surface area contributed by atoms with E-state index in [9.17, 15) is 41.0 Å². The average Bonchev–Trinajstić information content (AvgIpc) is 2.46. The van der Waals surface area contributed by atoms with E-state index in [-0.39, 0.29) is 104 Å². The number of likely N-dealkylation sites (tertiary alicyclic amines) is 2. The van der Waals surface area contributed by atoms with Gasteiger partial charge in [0.15, 0.2) is 5.54 Å². The molecule has 5 aromatic rings. The third-order valence-corrected chi connectivity index (χ3v) is 18.5. The molecule has 1 amide bonds. The largest absolute Gasteiger partial charge is 0.480 e. The minimum atomic E-state index is -4.56. The van der Waals surface area contributed by atoms with Crippen molar-refractivity contribution in [3.63, 3.8) is 0 Å². The summed E-state index contributed by atoms with van der Waals surface area (Å²) in [5.41, 5.74) is -8.76. The lowest BCUT2D eigenvalue weighted by Gasteiger charge is -2.50. The van der Waals surface area contributed by atoms with Crippen molar-refractivity contribution in [2.45, 2.75) is 115 Å². The fourth-order valence-electron chi connectivity index (χ4n) is 10.2.